The molecule has 0 bridgehead atoms. The zero-order valence-electron chi connectivity index (χ0n) is 11.9. The summed E-state index contributed by atoms with van der Waals surface area (Å²) < 4.78 is 30.7. The Kier molecular flexibility index (Phi) is 6.48. The molecular weight excluding hydrogens is 240 g/mol. The summed E-state index contributed by atoms with van der Waals surface area (Å²) in [6.45, 7) is 11.1. The molecule has 2 heterocycles. The van der Waals surface area contributed by atoms with Crippen molar-refractivity contribution in [3.8, 4) is 0 Å². The van der Waals surface area contributed by atoms with E-state index in [1.54, 1.807) is 0 Å². The molecule has 0 aliphatic carbocycles. The summed E-state index contributed by atoms with van der Waals surface area (Å²) in [5.74, 6) is 0. The molecular formula is C12H24O6. The van der Waals surface area contributed by atoms with Gasteiger partial charge in [-0.2, -0.15) is 0 Å². The lowest BCUT2D eigenvalue weighted by atomic mass is 10.6. The minimum Gasteiger partial charge on any atom is -0.324 e. The second-order valence-electron chi connectivity index (χ2n) is 4.22. The highest BCUT2D eigenvalue weighted by molar-refractivity contribution is 4.45. The minimum absolute atomic E-state index is 0.135. The van der Waals surface area contributed by atoms with Crippen molar-refractivity contribution in [3.05, 3.63) is 0 Å². The smallest absolute Gasteiger partial charge is 0.161 e. The lowest BCUT2D eigenvalue weighted by Crippen LogP contribution is -2.35. The van der Waals surface area contributed by atoms with Crippen LogP contribution < -0.4 is 0 Å². The third kappa shape index (κ3) is 6.08. The third-order valence-electron chi connectivity index (χ3n) is 2.30. The molecule has 0 unspecified atom stereocenters. The molecule has 6 nitrogen and oxygen atoms in total. The highest BCUT2D eigenvalue weighted by Gasteiger charge is 2.21. The van der Waals surface area contributed by atoms with Gasteiger partial charge in [0.1, 0.15) is 0 Å². The fraction of sp³-hybridized carbons (Fsp3) is 1.00. The van der Waals surface area contributed by atoms with E-state index in [1.807, 2.05) is 41.5 Å². The van der Waals surface area contributed by atoms with E-state index in [2.05, 4.69) is 0 Å². The van der Waals surface area contributed by atoms with Gasteiger partial charge in [-0.1, -0.05) is 0 Å². The van der Waals surface area contributed by atoms with Crippen LogP contribution in [0.25, 0.3) is 0 Å². The van der Waals surface area contributed by atoms with Crippen LogP contribution in [0.2, 0.25) is 0 Å². The first-order chi connectivity index (χ1) is 8.36. The zero-order chi connectivity index (χ0) is 13.7. The summed E-state index contributed by atoms with van der Waals surface area (Å²) in [6.07, 6.45) is -0.813. The van der Waals surface area contributed by atoms with Crippen LogP contribution in [0.1, 0.15) is 41.5 Å². The summed E-state index contributed by atoms with van der Waals surface area (Å²) in [5, 5.41) is 0. The normalized spacial score (nSPS) is 45.0. The molecule has 108 valence electrons. The summed E-state index contributed by atoms with van der Waals surface area (Å²) >= 11 is 0. The van der Waals surface area contributed by atoms with Crippen LogP contribution >= 0.6 is 0 Å². The predicted octanol–water partition coefficient (Wildman–Crippen LogP) is 2.18. The molecule has 0 aromatic carbocycles. The number of hydrogen-bond acceptors (Lipinski definition) is 6. The summed E-state index contributed by atoms with van der Waals surface area (Å²) in [5.41, 5.74) is 0. The van der Waals surface area contributed by atoms with Crippen LogP contribution in [-0.4, -0.2) is 37.7 Å². The van der Waals surface area contributed by atoms with E-state index >= 15 is 0 Å². The summed E-state index contributed by atoms with van der Waals surface area (Å²) in [7, 11) is 0. The van der Waals surface area contributed by atoms with Gasteiger partial charge in [0.05, 0.1) is 0 Å². The molecule has 0 atom stereocenters. The largest absolute Gasteiger partial charge is 0.324 e. The lowest BCUT2D eigenvalue weighted by Gasteiger charge is -2.30. The maximum absolute atomic E-state index is 5.11. The quantitative estimate of drug-likeness (QED) is 0.668. The molecule has 0 aromatic heterocycles. The Morgan fingerprint density at radius 3 is 0.556 bits per heavy atom. The molecule has 2 saturated heterocycles. The average Bonchev–Trinajstić information content (AvgIpc) is 2.12. The standard InChI is InChI=1S/2C6H12O3/c2*1-4-7-5(2)9-6(3)8-4/h2*4-6H,1-3H3. The van der Waals surface area contributed by atoms with E-state index < -0.39 is 0 Å². The molecule has 0 N–H and O–H groups in total. The predicted molar refractivity (Wildman–Crippen MR) is 63.3 cm³/mol. The van der Waals surface area contributed by atoms with Crippen LogP contribution in [0, 0.1) is 0 Å². The van der Waals surface area contributed by atoms with E-state index in [0.29, 0.717) is 0 Å². The van der Waals surface area contributed by atoms with Gasteiger partial charge in [0.15, 0.2) is 37.7 Å². The molecule has 2 rings (SSSR count). The second-order valence-corrected chi connectivity index (χ2v) is 4.22. The summed E-state index contributed by atoms with van der Waals surface area (Å²) in [6, 6.07) is 0. The van der Waals surface area contributed by atoms with Crippen LogP contribution in [0.4, 0.5) is 0 Å². The van der Waals surface area contributed by atoms with Gasteiger partial charge in [-0.3, -0.25) is 0 Å². The fourth-order valence-corrected chi connectivity index (χ4v) is 1.81. The van der Waals surface area contributed by atoms with E-state index in [4.69, 9.17) is 28.4 Å². The van der Waals surface area contributed by atoms with Gasteiger partial charge in [-0.05, 0) is 41.5 Å². The monoisotopic (exact) mass is 264 g/mol. The fourth-order valence-electron chi connectivity index (χ4n) is 1.81. The van der Waals surface area contributed by atoms with E-state index in [1.165, 1.54) is 0 Å². The van der Waals surface area contributed by atoms with Gasteiger partial charge < -0.3 is 28.4 Å². The van der Waals surface area contributed by atoms with Crippen LogP contribution in [0.5, 0.6) is 0 Å². The molecule has 0 radical (unpaired) electrons. The van der Waals surface area contributed by atoms with Gasteiger partial charge in [0, 0.05) is 0 Å². The third-order valence-corrected chi connectivity index (χ3v) is 2.30. The van der Waals surface area contributed by atoms with Gasteiger partial charge in [-0.15, -0.1) is 0 Å². The maximum atomic E-state index is 5.11. The van der Waals surface area contributed by atoms with Crippen molar-refractivity contribution in [2.75, 3.05) is 0 Å². The van der Waals surface area contributed by atoms with E-state index in [-0.39, 0.29) is 37.7 Å². The lowest BCUT2D eigenvalue weighted by molar-refractivity contribution is -0.368. The molecule has 2 fully saturated rings. The van der Waals surface area contributed by atoms with Crippen molar-refractivity contribution >= 4 is 0 Å². The highest BCUT2D eigenvalue weighted by Crippen LogP contribution is 2.14. The molecule has 0 aromatic rings. The Bertz CT molecular complexity index is 163. The zero-order valence-corrected chi connectivity index (χ0v) is 11.9. The van der Waals surface area contributed by atoms with Crippen LogP contribution in [-0.2, 0) is 28.4 Å². The SMILES string of the molecule is CC1OC(C)OC(C)O1.CC1OC(C)OC(C)O1. The van der Waals surface area contributed by atoms with Crippen molar-refractivity contribution in [1.29, 1.82) is 0 Å². The molecule has 18 heavy (non-hydrogen) atoms. The molecule has 0 spiro atoms. The maximum Gasteiger partial charge on any atom is 0.161 e. The van der Waals surface area contributed by atoms with Crippen molar-refractivity contribution in [3.63, 3.8) is 0 Å². The van der Waals surface area contributed by atoms with Crippen molar-refractivity contribution in [2.24, 2.45) is 0 Å². The van der Waals surface area contributed by atoms with Gasteiger partial charge in [0.25, 0.3) is 0 Å². The number of hydrogen-bond donors (Lipinski definition) is 0. The number of rotatable bonds is 0. The molecule has 0 saturated carbocycles. The average molecular weight is 264 g/mol. The molecule has 2 aliphatic rings. The second kappa shape index (κ2) is 7.37. The Morgan fingerprint density at radius 2 is 0.444 bits per heavy atom. The number of ether oxygens (including phenoxy) is 6. The molecule has 2 aliphatic heterocycles. The Labute approximate surface area is 108 Å². The minimum atomic E-state index is -0.135. The first-order valence-electron chi connectivity index (χ1n) is 6.29. The van der Waals surface area contributed by atoms with Crippen molar-refractivity contribution in [1.82, 2.24) is 0 Å². The molecule has 6 heteroatoms. The Morgan fingerprint density at radius 1 is 0.333 bits per heavy atom. The van der Waals surface area contributed by atoms with Crippen molar-refractivity contribution < 1.29 is 28.4 Å². The van der Waals surface area contributed by atoms with Gasteiger partial charge >= 0.3 is 0 Å². The van der Waals surface area contributed by atoms with Crippen LogP contribution in [0.15, 0.2) is 0 Å². The van der Waals surface area contributed by atoms with Gasteiger partial charge in [0.2, 0.25) is 0 Å². The van der Waals surface area contributed by atoms with Crippen LogP contribution in [0.3, 0.4) is 0 Å². The summed E-state index contributed by atoms with van der Waals surface area (Å²) in [4.78, 5) is 0. The van der Waals surface area contributed by atoms with E-state index in [9.17, 15) is 0 Å². The van der Waals surface area contributed by atoms with E-state index in [0.717, 1.165) is 0 Å². The van der Waals surface area contributed by atoms with Gasteiger partial charge in [-0.25, -0.2) is 0 Å². The Balaban J connectivity index is 0.000000180. The Hall–Kier alpha value is -0.240. The molecule has 0 amide bonds. The highest BCUT2D eigenvalue weighted by atomic mass is 16.9. The first-order valence-corrected chi connectivity index (χ1v) is 6.29. The van der Waals surface area contributed by atoms with Crippen molar-refractivity contribution in [2.45, 2.75) is 79.3 Å². The first kappa shape index (κ1) is 15.8. The topological polar surface area (TPSA) is 55.4 Å².